The summed E-state index contributed by atoms with van der Waals surface area (Å²) >= 11 is 0. The molecule has 2 aromatic carbocycles. The molecule has 154 valence electrons. The summed E-state index contributed by atoms with van der Waals surface area (Å²) in [5.74, 6) is 1.95. The zero-order valence-electron chi connectivity index (χ0n) is 17.5. The molecule has 3 unspecified atom stereocenters. The number of hydrogen-bond donors (Lipinski definition) is 1. The number of aromatic hydroxyl groups is 1. The van der Waals surface area contributed by atoms with Gasteiger partial charge in [-0.3, -0.25) is 4.79 Å². The van der Waals surface area contributed by atoms with E-state index in [0.717, 1.165) is 24.8 Å². The monoisotopic (exact) mass is 394 g/mol. The van der Waals surface area contributed by atoms with Crippen LogP contribution in [0.15, 0.2) is 42.5 Å². The van der Waals surface area contributed by atoms with E-state index in [1.165, 1.54) is 5.56 Å². The van der Waals surface area contributed by atoms with Crippen molar-refractivity contribution < 1.29 is 19.4 Å². The van der Waals surface area contributed by atoms with Gasteiger partial charge in [0.1, 0.15) is 28.6 Å². The van der Waals surface area contributed by atoms with Crippen molar-refractivity contribution in [3.8, 4) is 17.2 Å². The summed E-state index contributed by atoms with van der Waals surface area (Å²) in [4.78, 5) is 12.1. The molecule has 0 spiro atoms. The lowest BCUT2D eigenvalue weighted by atomic mass is 9.66. The molecule has 0 amide bonds. The number of ether oxygens (including phenoxy) is 2. The topological polar surface area (TPSA) is 55.8 Å². The van der Waals surface area contributed by atoms with Gasteiger partial charge in [-0.05, 0) is 45.6 Å². The molecule has 1 heterocycles. The van der Waals surface area contributed by atoms with Crippen molar-refractivity contribution in [3.63, 3.8) is 0 Å². The van der Waals surface area contributed by atoms with Gasteiger partial charge in [-0.15, -0.1) is 0 Å². The first-order chi connectivity index (χ1) is 13.8. The quantitative estimate of drug-likeness (QED) is 0.736. The van der Waals surface area contributed by atoms with Crippen molar-refractivity contribution in [3.05, 3.63) is 53.6 Å². The van der Waals surface area contributed by atoms with E-state index in [1.54, 1.807) is 6.07 Å². The average Bonchev–Trinajstić information content (AvgIpc) is 2.66. The Morgan fingerprint density at radius 1 is 1.24 bits per heavy atom. The van der Waals surface area contributed by atoms with Crippen LogP contribution >= 0.6 is 0 Å². The molecule has 0 saturated heterocycles. The molecule has 1 aliphatic heterocycles. The Balaban J connectivity index is 1.52. The molecule has 4 nitrogen and oxygen atoms in total. The first-order valence-electron chi connectivity index (χ1n) is 10.6. The minimum absolute atomic E-state index is 0.00765. The number of carbonyl (C=O) groups is 1. The molecular weight excluding hydrogens is 364 g/mol. The molecule has 29 heavy (non-hydrogen) atoms. The van der Waals surface area contributed by atoms with Crippen LogP contribution in [0, 0.1) is 5.92 Å². The Kier molecular flexibility index (Phi) is 5.28. The second kappa shape index (κ2) is 7.74. The van der Waals surface area contributed by atoms with Crippen LogP contribution in [-0.2, 0) is 11.2 Å². The summed E-state index contributed by atoms with van der Waals surface area (Å²) in [6.07, 6.45) is 3.72. The van der Waals surface area contributed by atoms with Gasteiger partial charge in [0.25, 0.3) is 0 Å². The fourth-order valence-corrected chi connectivity index (χ4v) is 4.92. The third-order valence-corrected chi connectivity index (χ3v) is 6.42. The predicted molar refractivity (Wildman–Crippen MR) is 113 cm³/mol. The van der Waals surface area contributed by atoms with Crippen LogP contribution in [0.1, 0.15) is 63.5 Å². The van der Waals surface area contributed by atoms with Crippen molar-refractivity contribution in [2.75, 3.05) is 0 Å². The van der Waals surface area contributed by atoms with Crippen LogP contribution in [0.2, 0.25) is 0 Å². The van der Waals surface area contributed by atoms with E-state index in [4.69, 9.17) is 9.47 Å². The van der Waals surface area contributed by atoms with E-state index in [-0.39, 0.29) is 35.1 Å². The fourth-order valence-electron chi connectivity index (χ4n) is 4.92. The highest BCUT2D eigenvalue weighted by molar-refractivity contribution is 5.81. The highest BCUT2D eigenvalue weighted by atomic mass is 16.5. The van der Waals surface area contributed by atoms with Gasteiger partial charge >= 0.3 is 0 Å². The fraction of sp³-hybridized carbons (Fsp3) is 0.480. The maximum Gasteiger partial charge on any atom is 0.133 e. The molecule has 1 N–H and O–H groups in total. The van der Waals surface area contributed by atoms with Gasteiger partial charge < -0.3 is 14.6 Å². The van der Waals surface area contributed by atoms with E-state index in [0.29, 0.717) is 24.3 Å². The minimum Gasteiger partial charge on any atom is -0.507 e. The van der Waals surface area contributed by atoms with Crippen LogP contribution in [0.4, 0.5) is 0 Å². The number of Topliss-reactive ketones (excluding diaryl/α,β-unsaturated/α-hetero) is 1. The zero-order valence-corrected chi connectivity index (χ0v) is 17.5. The molecule has 0 aromatic heterocycles. The van der Waals surface area contributed by atoms with Crippen LogP contribution in [0.5, 0.6) is 17.2 Å². The summed E-state index contributed by atoms with van der Waals surface area (Å²) in [5.41, 5.74) is 1.68. The Labute approximate surface area is 172 Å². The lowest BCUT2D eigenvalue weighted by Gasteiger charge is -2.47. The molecule has 2 aromatic rings. The van der Waals surface area contributed by atoms with Crippen LogP contribution in [0.3, 0.4) is 0 Å². The van der Waals surface area contributed by atoms with E-state index in [1.807, 2.05) is 31.2 Å². The van der Waals surface area contributed by atoms with Crippen molar-refractivity contribution >= 4 is 5.78 Å². The van der Waals surface area contributed by atoms with Crippen molar-refractivity contribution in [2.24, 2.45) is 5.92 Å². The van der Waals surface area contributed by atoms with Gasteiger partial charge in [-0.25, -0.2) is 0 Å². The maximum absolute atomic E-state index is 12.1. The molecule has 4 heteroatoms. The number of carbonyl (C=O) groups excluding carboxylic acids is 1. The number of phenolic OH excluding ortho intramolecular Hbond substituents is 1. The molecule has 1 aliphatic carbocycles. The number of fused-ring (bicyclic) bond motifs is 3. The van der Waals surface area contributed by atoms with E-state index in [2.05, 4.69) is 26.0 Å². The van der Waals surface area contributed by atoms with Gasteiger partial charge in [0, 0.05) is 42.4 Å². The highest BCUT2D eigenvalue weighted by Crippen LogP contribution is 2.54. The number of ketones is 1. The zero-order chi connectivity index (χ0) is 20.6. The van der Waals surface area contributed by atoms with E-state index in [9.17, 15) is 9.90 Å². The molecule has 0 radical (unpaired) electrons. The van der Waals surface area contributed by atoms with Gasteiger partial charge in [-0.2, -0.15) is 0 Å². The largest absolute Gasteiger partial charge is 0.507 e. The normalized spacial score (nSPS) is 23.5. The summed E-state index contributed by atoms with van der Waals surface area (Å²) < 4.78 is 12.4. The van der Waals surface area contributed by atoms with E-state index < -0.39 is 0 Å². The molecule has 1 saturated carbocycles. The van der Waals surface area contributed by atoms with Crippen molar-refractivity contribution in [1.82, 2.24) is 0 Å². The van der Waals surface area contributed by atoms with Crippen LogP contribution in [-0.4, -0.2) is 22.6 Å². The summed E-state index contributed by atoms with van der Waals surface area (Å²) in [5, 5.41) is 10.8. The molecular formula is C25H30O4. The Morgan fingerprint density at radius 3 is 2.76 bits per heavy atom. The van der Waals surface area contributed by atoms with Gasteiger partial charge in [-0.1, -0.05) is 30.3 Å². The lowest BCUT2D eigenvalue weighted by Crippen LogP contribution is -2.47. The molecule has 1 fully saturated rings. The minimum atomic E-state index is -0.373. The Bertz CT molecular complexity index is 887. The highest BCUT2D eigenvalue weighted by Gasteiger charge is 2.47. The number of phenols is 1. The summed E-state index contributed by atoms with van der Waals surface area (Å²) in [6, 6.07) is 13.9. The molecule has 0 bridgehead atoms. The molecule has 3 atom stereocenters. The van der Waals surface area contributed by atoms with Crippen molar-refractivity contribution in [2.45, 2.75) is 70.5 Å². The number of benzene rings is 2. The van der Waals surface area contributed by atoms with Gasteiger partial charge in [0.05, 0.1) is 6.10 Å². The SMILES string of the molecule is CC(CCc1ccccc1)Oc1cc(O)c2c(c1)OC(C)(C)C1CCC(=O)CC21. The standard InChI is InChI=1S/C25H30O4/c1-16(9-10-17-7-5-4-6-8-17)28-19-14-22(27)24-20-13-18(26)11-12-21(20)25(2,3)29-23(24)15-19/h4-8,14-16,20-21,27H,9-13H2,1-3H3. The average molecular weight is 395 g/mol. The molecule has 4 rings (SSSR count). The lowest BCUT2D eigenvalue weighted by molar-refractivity contribution is -0.124. The molecule has 2 aliphatic rings. The first-order valence-corrected chi connectivity index (χ1v) is 10.6. The smallest absolute Gasteiger partial charge is 0.133 e. The maximum atomic E-state index is 12.1. The van der Waals surface area contributed by atoms with E-state index >= 15 is 0 Å². The number of aryl methyl sites for hydroxylation is 1. The first kappa shape index (κ1) is 19.8. The van der Waals surface area contributed by atoms with Crippen molar-refractivity contribution in [1.29, 1.82) is 0 Å². The van der Waals surface area contributed by atoms with Gasteiger partial charge in [0.15, 0.2) is 0 Å². The Morgan fingerprint density at radius 2 is 2.00 bits per heavy atom. The third-order valence-electron chi connectivity index (χ3n) is 6.42. The predicted octanol–water partition coefficient (Wildman–Crippen LogP) is 5.42. The van der Waals surface area contributed by atoms with Gasteiger partial charge in [0.2, 0.25) is 0 Å². The van der Waals surface area contributed by atoms with Crippen LogP contribution in [0.25, 0.3) is 0 Å². The van der Waals surface area contributed by atoms with Crippen LogP contribution < -0.4 is 9.47 Å². The second-order valence-corrected chi connectivity index (χ2v) is 9.01. The summed E-state index contributed by atoms with van der Waals surface area (Å²) in [6.45, 7) is 6.20. The Hall–Kier alpha value is -2.49. The number of hydrogen-bond acceptors (Lipinski definition) is 4. The third kappa shape index (κ3) is 4.12. The second-order valence-electron chi connectivity index (χ2n) is 9.01. The number of rotatable bonds is 5. The summed E-state index contributed by atoms with van der Waals surface area (Å²) in [7, 11) is 0.